The van der Waals surface area contributed by atoms with E-state index in [4.69, 9.17) is 11.6 Å². The van der Waals surface area contributed by atoms with Crippen molar-refractivity contribution in [3.63, 3.8) is 0 Å². The van der Waals surface area contributed by atoms with Crippen molar-refractivity contribution in [2.45, 2.75) is 37.4 Å². The Balaban J connectivity index is 2.24. The number of benzene rings is 2. The Hall–Kier alpha value is -2.26. The van der Waals surface area contributed by atoms with Gasteiger partial charge in [0.1, 0.15) is 0 Å². The zero-order chi connectivity index (χ0) is 21.3. The van der Waals surface area contributed by atoms with Gasteiger partial charge in [-0.25, -0.2) is 8.42 Å². The lowest BCUT2D eigenvalue weighted by Crippen LogP contribution is -2.40. The molecule has 2 N–H and O–H groups in total. The van der Waals surface area contributed by atoms with Crippen LogP contribution in [0.15, 0.2) is 47.4 Å². The predicted octanol–water partition coefficient (Wildman–Crippen LogP) is 4.69. The topological polar surface area (TPSA) is 75.3 Å². The van der Waals surface area contributed by atoms with Crippen LogP contribution in [0.4, 0.5) is 18.9 Å². The lowest BCUT2D eigenvalue weighted by molar-refractivity contribution is -0.137. The van der Waals surface area contributed by atoms with Crippen LogP contribution in [0.5, 0.6) is 0 Å². The fourth-order valence-corrected chi connectivity index (χ4v) is 3.51. The van der Waals surface area contributed by atoms with Gasteiger partial charge in [-0.3, -0.25) is 9.52 Å². The molecule has 0 fully saturated rings. The molecule has 0 saturated carbocycles. The maximum atomic E-state index is 12.9. The molecule has 5 nitrogen and oxygen atoms in total. The SMILES string of the molecule is CC(C)(C)NC(=O)c1ccc(NS(=O)(=O)c2ccc(Cl)c(C(F)(F)F)c2)cc1. The summed E-state index contributed by atoms with van der Waals surface area (Å²) in [6.45, 7) is 5.44. The number of nitrogens with one attached hydrogen (secondary N) is 2. The van der Waals surface area contributed by atoms with Crippen molar-refractivity contribution in [1.82, 2.24) is 5.32 Å². The lowest BCUT2D eigenvalue weighted by atomic mass is 10.1. The van der Waals surface area contributed by atoms with Gasteiger partial charge in [0.05, 0.1) is 15.5 Å². The van der Waals surface area contributed by atoms with E-state index in [0.717, 1.165) is 12.1 Å². The Labute approximate surface area is 166 Å². The minimum absolute atomic E-state index is 0.0933. The van der Waals surface area contributed by atoms with E-state index in [2.05, 4.69) is 10.0 Å². The van der Waals surface area contributed by atoms with E-state index in [1.807, 2.05) is 20.8 Å². The summed E-state index contributed by atoms with van der Waals surface area (Å²) in [6.07, 6.45) is -4.79. The number of hydrogen-bond acceptors (Lipinski definition) is 3. The minimum Gasteiger partial charge on any atom is -0.347 e. The molecule has 0 aliphatic heterocycles. The molecule has 0 aromatic heterocycles. The van der Waals surface area contributed by atoms with Crippen molar-refractivity contribution < 1.29 is 26.4 Å². The summed E-state index contributed by atoms with van der Waals surface area (Å²) in [7, 11) is -4.28. The van der Waals surface area contributed by atoms with E-state index in [1.165, 1.54) is 24.3 Å². The van der Waals surface area contributed by atoms with Gasteiger partial charge in [-0.1, -0.05) is 11.6 Å². The zero-order valence-electron chi connectivity index (χ0n) is 15.2. The Morgan fingerprint density at radius 2 is 1.57 bits per heavy atom. The second-order valence-corrected chi connectivity index (χ2v) is 9.12. The Morgan fingerprint density at radius 3 is 2.07 bits per heavy atom. The Morgan fingerprint density at radius 1 is 1.00 bits per heavy atom. The van der Waals surface area contributed by atoms with Crippen molar-refractivity contribution in [3.05, 3.63) is 58.6 Å². The first-order chi connectivity index (χ1) is 12.7. The summed E-state index contributed by atoms with van der Waals surface area (Å²) in [5, 5.41) is 2.16. The highest BCUT2D eigenvalue weighted by Gasteiger charge is 2.34. The summed E-state index contributed by atoms with van der Waals surface area (Å²) in [6, 6.07) is 7.81. The van der Waals surface area contributed by atoms with Gasteiger partial charge < -0.3 is 5.32 Å². The van der Waals surface area contributed by atoms with Crippen LogP contribution in [0.3, 0.4) is 0 Å². The van der Waals surface area contributed by atoms with Crippen molar-refractivity contribution in [2.24, 2.45) is 0 Å². The molecule has 0 atom stereocenters. The normalized spacial score (nSPS) is 12.5. The van der Waals surface area contributed by atoms with E-state index in [1.54, 1.807) is 0 Å². The lowest BCUT2D eigenvalue weighted by Gasteiger charge is -2.20. The molecule has 0 saturated heterocycles. The standard InChI is InChI=1S/C18H18ClF3N2O3S/c1-17(2,3)23-16(25)11-4-6-12(7-5-11)24-28(26,27)13-8-9-15(19)14(10-13)18(20,21)22/h4-10,24H,1-3H3,(H,23,25). The van der Waals surface area contributed by atoms with E-state index in [-0.39, 0.29) is 11.6 Å². The fraction of sp³-hybridized carbons (Fsp3) is 0.278. The maximum absolute atomic E-state index is 12.9. The van der Waals surface area contributed by atoms with Crippen LogP contribution >= 0.6 is 11.6 Å². The summed E-state index contributed by atoms with van der Waals surface area (Å²) in [5.74, 6) is -0.338. The molecule has 0 unspecified atom stereocenters. The molecule has 2 rings (SSSR count). The van der Waals surface area contributed by atoms with Crippen LogP contribution in [0, 0.1) is 0 Å². The molecule has 0 radical (unpaired) electrons. The van der Waals surface area contributed by atoms with E-state index in [9.17, 15) is 26.4 Å². The second kappa shape index (κ2) is 7.63. The number of carbonyl (C=O) groups excluding carboxylic acids is 1. The number of sulfonamides is 1. The number of rotatable bonds is 4. The first-order valence-electron chi connectivity index (χ1n) is 8.01. The van der Waals surface area contributed by atoms with Gasteiger partial charge in [-0.05, 0) is 63.2 Å². The summed E-state index contributed by atoms with van der Waals surface area (Å²) in [4.78, 5) is 11.5. The smallest absolute Gasteiger partial charge is 0.347 e. The number of alkyl halides is 3. The molecule has 28 heavy (non-hydrogen) atoms. The van der Waals surface area contributed by atoms with Gasteiger partial charge in [-0.15, -0.1) is 0 Å². The van der Waals surface area contributed by atoms with Crippen molar-refractivity contribution >= 4 is 33.2 Å². The van der Waals surface area contributed by atoms with Crippen LogP contribution in [-0.4, -0.2) is 19.9 Å². The highest BCUT2D eigenvalue weighted by molar-refractivity contribution is 7.92. The van der Waals surface area contributed by atoms with Crippen LogP contribution in [0.25, 0.3) is 0 Å². The molecule has 0 aliphatic rings. The molecule has 2 aromatic rings. The van der Waals surface area contributed by atoms with Crippen LogP contribution in [-0.2, 0) is 16.2 Å². The summed E-state index contributed by atoms with van der Waals surface area (Å²) >= 11 is 5.51. The average Bonchev–Trinajstić information content (AvgIpc) is 2.52. The van der Waals surface area contributed by atoms with Crippen molar-refractivity contribution in [2.75, 3.05) is 4.72 Å². The third-order valence-electron chi connectivity index (χ3n) is 3.44. The van der Waals surface area contributed by atoms with Crippen molar-refractivity contribution in [1.29, 1.82) is 0 Å². The zero-order valence-corrected chi connectivity index (χ0v) is 16.8. The quantitative estimate of drug-likeness (QED) is 0.733. The number of anilines is 1. The molecule has 2 aromatic carbocycles. The highest BCUT2D eigenvalue weighted by atomic mass is 35.5. The second-order valence-electron chi connectivity index (χ2n) is 7.03. The Kier molecular flexibility index (Phi) is 6.01. The first kappa shape index (κ1) is 22.0. The molecule has 0 heterocycles. The first-order valence-corrected chi connectivity index (χ1v) is 9.87. The highest BCUT2D eigenvalue weighted by Crippen LogP contribution is 2.36. The molecular weight excluding hydrogens is 417 g/mol. The summed E-state index contributed by atoms with van der Waals surface area (Å²) in [5.41, 5.74) is -1.28. The number of carbonyl (C=O) groups is 1. The van der Waals surface area contributed by atoms with Crippen LogP contribution < -0.4 is 10.0 Å². The minimum atomic E-state index is -4.79. The predicted molar refractivity (Wildman–Crippen MR) is 101 cm³/mol. The molecule has 0 bridgehead atoms. The van der Waals surface area contributed by atoms with Gasteiger partial charge >= 0.3 is 6.18 Å². The van der Waals surface area contributed by atoms with Gasteiger partial charge in [0.15, 0.2) is 0 Å². The van der Waals surface area contributed by atoms with Gasteiger partial charge in [0.2, 0.25) is 0 Å². The molecular formula is C18H18ClF3N2O3S. The van der Waals surface area contributed by atoms with E-state index >= 15 is 0 Å². The molecule has 0 spiro atoms. The summed E-state index contributed by atoms with van der Waals surface area (Å²) < 4.78 is 65.8. The van der Waals surface area contributed by atoms with Gasteiger partial charge in [0.25, 0.3) is 15.9 Å². The molecule has 152 valence electrons. The third kappa shape index (κ3) is 5.62. The number of hydrogen-bond donors (Lipinski definition) is 2. The van der Waals surface area contributed by atoms with Crippen molar-refractivity contribution in [3.8, 4) is 0 Å². The monoisotopic (exact) mass is 434 g/mol. The third-order valence-corrected chi connectivity index (χ3v) is 5.15. The largest absolute Gasteiger partial charge is 0.417 e. The Bertz CT molecular complexity index is 983. The molecule has 1 amide bonds. The maximum Gasteiger partial charge on any atom is 0.417 e. The molecule has 10 heteroatoms. The molecule has 0 aliphatic carbocycles. The van der Waals surface area contributed by atoms with Gasteiger partial charge in [0, 0.05) is 16.8 Å². The van der Waals surface area contributed by atoms with E-state index in [0.29, 0.717) is 11.6 Å². The number of amides is 1. The van der Waals surface area contributed by atoms with Crippen LogP contribution in [0.1, 0.15) is 36.7 Å². The van der Waals surface area contributed by atoms with Gasteiger partial charge in [-0.2, -0.15) is 13.2 Å². The van der Waals surface area contributed by atoms with Crippen LogP contribution in [0.2, 0.25) is 5.02 Å². The fourth-order valence-electron chi connectivity index (χ4n) is 2.21. The van der Waals surface area contributed by atoms with E-state index < -0.39 is 37.2 Å². The average molecular weight is 435 g/mol. The number of halogens is 4.